The topological polar surface area (TPSA) is 245 Å². The Hall–Kier alpha value is -5.84. The molecule has 3 aliphatic heterocycles. The fraction of sp³-hybridized carbons (Fsp3) is 0.403. The summed E-state index contributed by atoms with van der Waals surface area (Å²) in [6.07, 6.45) is 9.95. The average Bonchev–Trinajstić information content (AvgIpc) is 1.58. The van der Waals surface area contributed by atoms with Crippen molar-refractivity contribution in [2.24, 2.45) is 17.8 Å². The summed E-state index contributed by atoms with van der Waals surface area (Å²) in [5, 5.41) is 3.95. The van der Waals surface area contributed by atoms with Crippen LogP contribution < -0.4 is 14.0 Å². The van der Waals surface area contributed by atoms with Gasteiger partial charge in [-0.25, -0.2) is 13.7 Å². The van der Waals surface area contributed by atoms with Gasteiger partial charge in [-0.15, -0.1) is 0 Å². The number of hydrogen-bond donors (Lipinski definition) is 4. The Labute approximate surface area is 483 Å². The number of Topliss-reactive ketones (excluding diaryl/α,β-unsaturated/α-hetero) is 2. The number of nitrogens with zero attached hydrogens (tertiary/aromatic N) is 2. The molecule has 21 heteroatoms. The van der Waals surface area contributed by atoms with Gasteiger partial charge >= 0.3 is 23.5 Å². The number of hydrogen-bond acceptors (Lipinski definition) is 13. The number of carbonyl (C=O) groups is 3. The van der Waals surface area contributed by atoms with Crippen molar-refractivity contribution in [1.29, 1.82) is 0 Å². The third-order valence-corrected chi connectivity index (χ3v) is 20.8. The van der Waals surface area contributed by atoms with E-state index in [-0.39, 0.29) is 66.7 Å². The molecule has 3 heterocycles. The number of ether oxygens (including phenoxy) is 3. The summed E-state index contributed by atoms with van der Waals surface area (Å²) in [7, 11) is -14.4. The van der Waals surface area contributed by atoms with Gasteiger partial charge in [0.15, 0.2) is 28.5 Å². The molecule has 9 unspecified atom stereocenters. The molecule has 4 fully saturated rings. The molecule has 1 saturated heterocycles. The first kappa shape index (κ1) is 60.3. The molecule has 83 heavy (non-hydrogen) atoms. The molecule has 6 aliphatic rings. The van der Waals surface area contributed by atoms with E-state index in [0.717, 1.165) is 43.8 Å². The molecule has 3 aliphatic carbocycles. The largest absolute Gasteiger partial charge is 0.536 e. The lowest BCUT2D eigenvalue weighted by atomic mass is 9.44. The van der Waals surface area contributed by atoms with Gasteiger partial charge in [0.25, 0.3) is 0 Å². The van der Waals surface area contributed by atoms with Gasteiger partial charge in [0.1, 0.15) is 22.7 Å². The first-order chi connectivity index (χ1) is 38.9. The highest BCUT2D eigenvalue weighted by atomic mass is 31.3. The Balaban J connectivity index is 1.19. The van der Waals surface area contributed by atoms with E-state index in [1.807, 2.05) is 157 Å². The predicted octanol–water partition coefficient (Wildman–Crippen LogP) is 12.3. The molecular weight excluding hydrogens is 1120 g/mol. The minimum Gasteiger partial charge on any atom is -0.482 e. The van der Waals surface area contributed by atoms with E-state index in [9.17, 15) is 38.1 Å². The summed E-state index contributed by atoms with van der Waals surface area (Å²) in [4.78, 5) is 92.3. The summed E-state index contributed by atoms with van der Waals surface area (Å²) >= 11 is 0. The highest BCUT2D eigenvalue weighted by Crippen LogP contribution is 2.72. The second kappa shape index (κ2) is 21.9. The number of amides is 1. The van der Waals surface area contributed by atoms with E-state index in [4.69, 9.17) is 18.7 Å². The van der Waals surface area contributed by atoms with Gasteiger partial charge in [0, 0.05) is 55.6 Å². The molecule has 9 atom stereocenters. The van der Waals surface area contributed by atoms with Crippen molar-refractivity contribution in [2.75, 3.05) is 14.1 Å². The predicted molar refractivity (Wildman–Crippen MR) is 314 cm³/mol. The summed E-state index contributed by atoms with van der Waals surface area (Å²) in [5.41, 5.74) is -2.09. The number of rotatable bonds is 19. The van der Waals surface area contributed by atoms with Crippen LogP contribution in [0, 0.1) is 17.8 Å². The van der Waals surface area contributed by atoms with Gasteiger partial charge in [-0.3, -0.25) is 24.2 Å². The third kappa shape index (κ3) is 11.1. The first-order valence-corrected chi connectivity index (χ1v) is 32.2. The Kier molecular flexibility index (Phi) is 15.9. The van der Waals surface area contributed by atoms with E-state index in [0.29, 0.717) is 24.0 Å². The number of carbonyl (C=O) groups excluding carboxylic acids is 3. The second-order valence-corrected chi connectivity index (χ2v) is 28.3. The number of phosphoric acid groups is 3. The van der Waals surface area contributed by atoms with Gasteiger partial charge in [-0.1, -0.05) is 114 Å². The smallest absolute Gasteiger partial charge is 0.482 e. The lowest BCUT2D eigenvalue weighted by Gasteiger charge is -2.64. The fourth-order valence-electron chi connectivity index (χ4n) is 13.7. The maximum Gasteiger partial charge on any atom is 0.536 e. The van der Waals surface area contributed by atoms with Crippen LogP contribution in [-0.4, -0.2) is 89.4 Å². The van der Waals surface area contributed by atoms with E-state index in [2.05, 4.69) is 8.62 Å². The van der Waals surface area contributed by atoms with E-state index >= 15 is 9.59 Å². The van der Waals surface area contributed by atoms with Gasteiger partial charge < -0.3 is 38.3 Å². The van der Waals surface area contributed by atoms with Gasteiger partial charge in [-0.05, 0) is 133 Å². The minimum atomic E-state index is -6.09. The molecular formula is C62H71N2O16P3. The van der Waals surface area contributed by atoms with Crippen LogP contribution in [0.4, 0.5) is 0 Å². The lowest BCUT2D eigenvalue weighted by Crippen LogP contribution is -2.81. The highest BCUT2D eigenvalue weighted by Gasteiger charge is 2.86. The van der Waals surface area contributed by atoms with E-state index in [1.54, 1.807) is 37.1 Å². The first-order valence-electron chi connectivity index (χ1n) is 27.6. The van der Waals surface area contributed by atoms with Crippen LogP contribution in [0.5, 0.6) is 17.2 Å². The quantitative estimate of drug-likeness (QED) is 0.0341. The second-order valence-electron chi connectivity index (χ2n) is 24.0. The van der Waals surface area contributed by atoms with Crippen molar-refractivity contribution in [3.05, 3.63) is 154 Å². The van der Waals surface area contributed by atoms with Crippen LogP contribution in [0.25, 0.3) is 27.6 Å². The molecule has 5 aromatic rings. The van der Waals surface area contributed by atoms with Crippen molar-refractivity contribution in [2.45, 2.75) is 129 Å². The van der Waals surface area contributed by atoms with Crippen molar-refractivity contribution in [1.82, 2.24) is 9.80 Å². The summed E-state index contributed by atoms with van der Waals surface area (Å²) in [6, 6.07) is 26.7. The average molecular weight is 1190 g/mol. The zero-order valence-electron chi connectivity index (χ0n) is 48.2. The molecule has 1 spiro atoms. The van der Waals surface area contributed by atoms with Crippen LogP contribution in [0.2, 0.25) is 0 Å². The van der Waals surface area contributed by atoms with Crippen molar-refractivity contribution < 1.29 is 75.0 Å². The highest BCUT2D eigenvalue weighted by molar-refractivity contribution is 7.66. The number of phosphoric ester groups is 1. The number of likely N-dealkylation sites (N-methyl/N-ethyl adjacent to an activating group) is 1. The molecule has 18 nitrogen and oxygen atoms in total. The maximum absolute atomic E-state index is 16.9. The summed E-state index contributed by atoms with van der Waals surface area (Å²) in [6.45, 7) is 15.5. The van der Waals surface area contributed by atoms with Crippen LogP contribution >= 0.6 is 23.5 Å². The Morgan fingerprint density at radius 2 is 1.35 bits per heavy atom. The van der Waals surface area contributed by atoms with Crippen molar-refractivity contribution in [3.8, 4) is 17.2 Å². The molecule has 0 radical (unpaired) electrons. The van der Waals surface area contributed by atoms with Crippen molar-refractivity contribution >= 4 is 68.6 Å². The lowest BCUT2D eigenvalue weighted by molar-refractivity contribution is -0.212. The Bertz CT molecular complexity index is 3770. The fourth-order valence-corrected chi connectivity index (χ4v) is 16.7. The van der Waals surface area contributed by atoms with Crippen LogP contribution in [0.3, 0.4) is 0 Å². The summed E-state index contributed by atoms with van der Waals surface area (Å²) < 4.78 is 75.5. The molecule has 0 aromatic heterocycles. The monoisotopic (exact) mass is 1190 g/mol. The molecule has 11 rings (SSSR count). The maximum atomic E-state index is 16.9. The number of benzene rings is 5. The summed E-state index contributed by atoms with van der Waals surface area (Å²) in [5.74, 6) is -5.04. The molecule has 3 saturated carbocycles. The Morgan fingerprint density at radius 3 is 1.96 bits per heavy atom. The van der Waals surface area contributed by atoms with Gasteiger partial charge in [0.05, 0.1) is 17.1 Å². The number of allylic oxidation sites excluding steroid dienone is 4. The standard InChI is InChI=1S/C62H71N2O16P3/c1-37(2)18-17-31-60(8)32-30-47-54(75-60)46(28-27-38(3)4)55-50(56(47)77-82(71,72)80-83(73,74)79-81(68,69)70)53(65)51-52(63(9)35-42-23-15-21-40-19-11-13-25-44(40)42)48-34-49-59(6,7)78-61(57(48)66,62(49,51)76-55)33-29-39(5)58(67)64(10)36-43-24-16-22-41-20-12-14-26-45(41)43/h11-16,18-27,29-30,32,48-49,51-52H,17,28,31,33-36H2,1-10H3,(H,71,72)(H,73,74)(H2,68,69,70). The molecule has 1 amide bonds. The third-order valence-electron chi connectivity index (χ3n) is 17.1. The van der Waals surface area contributed by atoms with Crippen LogP contribution in [0.15, 0.2) is 126 Å². The molecule has 440 valence electrons. The zero-order valence-corrected chi connectivity index (χ0v) is 50.8. The minimum absolute atomic E-state index is 0.0493. The SMILES string of the molecule is CC(C)=CCCC1(C)C=Cc2c(c(CC=C(C)C)c3c(c2OP(=O)(O)OP(=O)(O)OP(=O)(O)O)C(=O)C2C(N(C)Cc4cccc5ccccc45)C4CC5C(C)(C)OC(CC=C(C)C(=O)N(C)Cc6cccc7ccccc67)(C4=O)C25O3)O1. The van der Waals surface area contributed by atoms with Crippen LogP contribution in [0.1, 0.15) is 114 Å². The molecule has 4 bridgehead atoms. The van der Waals surface area contributed by atoms with Gasteiger partial charge in [-0.2, -0.15) is 8.62 Å². The number of ketones is 2. The molecule has 5 aromatic carbocycles. The van der Waals surface area contributed by atoms with E-state index < -0.39 is 81.2 Å². The zero-order chi connectivity index (χ0) is 60.0. The van der Waals surface area contributed by atoms with Gasteiger partial charge in [0.2, 0.25) is 5.91 Å². The Morgan fingerprint density at radius 1 is 0.747 bits per heavy atom. The number of fused-ring (bicyclic) bond motifs is 4. The van der Waals surface area contributed by atoms with Crippen LogP contribution in [-0.2, 0) is 56.2 Å². The normalized spacial score (nSPS) is 26.3. The molecule has 4 N–H and O–H groups in total. The van der Waals surface area contributed by atoms with Crippen molar-refractivity contribution in [3.63, 3.8) is 0 Å². The van der Waals surface area contributed by atoms with E-state index in [1.165, 1.54) is 0 Å².